The molecule has 1 unspecified atom stereocenters. The smallest absolute Gasteiger partial charge is 0.0991 e. The molecule has 0 saturated carbocycles. The molecule has 1 atom stereocenters. The van der Waals surface area contributed by atoms with E-state index in [4.69, 9.17) is 5.26 Å². The van der Waals surface area contributed by atoms with E-state index in [-0.39, 0.29) is 0 Å². The number of benzene rings is 2. The van der Waals surface area contributed by atoms with Crippen molar-refractivity contribution in [1.82, 2.24) is 10.2 Å². The van der Waals surface area contributed by atoms with Crippen LogP contribution in [-0.4, -0.2) is 18.0 Å². The molecule has 1 aliphatic rings. The van der Waals surface area contributed by atoms with Crippen molar-refractivity contribution in [3.8, 4) is 6.07 Å². The Morgan fingerprint density at radius 1 is 1.12 bits per heavy atom. The number of rotatable bonds is 6. The van der Waals surface area contributed by atoms with Gasteiger partial charge in [-0.1, -0.05) is 43.3 Å². The molecule has 3 rings (SSSR count). The molecule has 0 aliphatic carbocycles. The number of piperidine rings is 1. The Kier molecular flexibility index (Phi) is 6.22. The van der Waals surface area contributed by atoms with Gasteiger partial charge in [0.05, 0.1) is 11.6 Å². The minimum Gasteiger partial charge on any atom is -0.309 e. The molecule has 1 heterocycles. The lowest BCUT2D eigenvalue weighted by Crippen LogP contribution is -2.34. The summed E-state index contributed by atoms with van der Waals surface area (Å²) in [6.45, 7) is 7.47. The first-order valence-electron chi connectivity index (χ1n) is 9.23. The van der Waals surface area contributed by atoms with Gasteiger partial charge in [0.25, 0.3) is 0 Å². The normalized spacial score (nSPS) is 18.0. The van der Waals surface area contributed by atoms with E-state index in [2.05, 4.69) is 53.5 Å². The number of nitrogens with one attached hydrogen (secondary N) is 1. The molecule has 3 heteroatoms. The Bertz CT molecular complexity index is 732. The molecule has 1 aliphatic heterocycles. The maximum atomic E-state index is 9.00. The van der Waals surface area contributed by atoms with Gasteiger partial charge in [0.2, 0.25) is 0 Å². The van der Waals surface area contributed by atoms with Crippen molar-refractivity contribution in [2.45, 2.75) is 39.4 Å². The molecule has 1 saturated heterocycles. The lowest BCUT2D eigenvalue weighted by molar-refractivity contribution is 0.176. The van der Waals surface area contributed by atoms with Gasteiger partial charge in [-0.05, 0) is 54.1 Å². The number of likely N-dealkylation sites (tertiary alicyclic amines) is 1. The van der Waals surface area contributed by atoms with Crippen LogP contribution < -0.4 is 5.32 Å². The van der Waals surface area contributed by atoms with Gasteiger partial charge in [-0.2, -0.15) is 5.26 Å². The first-order valence-corrected chi connectivity index (χ1v) is 9.23. The first-order chi connectivity index (χ1) is 12.2. The maximum absolute atomic E-state index is 9.00. The van der Waals surface area contributed by atoms with Crippen LogP contribution in [0.4, 0.5) is 0 Å². The lowest BCUT2D eigenvalue weighted by atomic mass is 9.99. The minimum absolute atomic E-state index is 0.721. The van der Waals surface area contributed by atoms with Crippen LogP contribution in [0, 0.1) is 17.2 Å². The third kappa shape index (κ3) is 5.16. The Morgan fingerprint density at radius 2 is 1.96 bits per heavy atom. The predicted octanol–water partition coefficient (Wildman–Crippen LogP) is 4.08. The molecule has 1 N–H and O–H groups in total. The summed E-state index contributed by atoms with van der Waals surface area (Å²) < 4.78 is 0. The largest absolute Gasteiger partial charge is 0.309 e. The van der Waals surface area contributed by atoms with Crippen molar-refractivity contribution in [2.24, 2.45) is 5.92 Å². The Hall–Kier alpha value is -2.15. The summed E-state index contributed by atoms with van der Waals surface area (Å²) in [4.78, 5) is 2.59. The Labute approximate surface area is 151 Å². The van der Waals surface area contributed by atoms with Crippen LogP contribution in [0.5, 0.6) is 0 Å². The molecule has 2 aromatic carbocycles. The van der Waals surface area contributed by atoms with Crippen LogP contribution >= 0.6 is 0 Å². The van der Waals surface area contributed by atoms with Crippen molar-refractivity contribution >= 4 is 0 Å². The van der Waals surface area contributed by atoms with E-state index in [1.807, 2.05) is 18.2 Å². The van der Waals surface area contributed by atoms with E-state index >= 15 is 0 Å². The van der Waals surface area contributed by atoms with Crippen LogP contribution in [-0.2, 0) is 19.6 Å². The Balaban J connectivity index is 1.58. The highest BCUT2D eigenvalue weighted by Gasteiger charge is 2.17. The summed E-state index contributed by atoms with van der Waals surface area (Å²) in [5.41, 5.74) is 4.67. The van der Waals surface area contributed by atoms with E-state index in [1.165, 1.54) is 37.1 Å². The van der Waals surface area contributed by atoms with Crippen LogP contribution in [0.1, 0.15) is 42.0 Å². The van der Waals surface area contributed by atoms with Crippen molar-refractivity contribution < 1.29 is 0 Å². The summed E-state index contributed by atoms with van der Waals surface area (Å²) in [5.74, 6) is 0.812. The molecule has 0 bridgehead atoms. The predicted molar refractivity (Wildman–Crippen MR) is 102 cm³/mol. The average Bonchev–Trinajstić information content (AvgIpc) is 2.63. The third-order valence-electron chi connectivity index (χ3n) is 4.95. The van der Waals surface area contributed by atoms with Crippen LogP contribution in [0.2, 0.25) is 0 Å². The number of hydrogen-bond donors (Lipinski definition) is 1. The molecule has 0 aromatic heterocycles. The van der Waals surface area contributed by atoms with E-state index < -0.39 is 0 Å². The van der Waals surface area contributed by atoms with Gasteiger partial charge in [-0.3, -0.25) is 4.90 Å². The standard InChI is InChI=1S/C22H27N3/c1-18-6-5-11-25(16-18)17-22-10-3-2-9-21(22)15-24-14-20-8-4-7-19(12-20)13-23/h2-4,7-10,12,18,24H,5-6,11,14-17H2,1H3. The number of hydrogen-bond acceptors (Lipinski definition) is 3. The fourth-order valence-electron chi connectivity index (χ4n) is 3.65. The zero-order valence-corrected chi connectivity index (χ0v) is 15.0. The molecule has 2 aromatic rings. The zero-order valence-electron chi connectivity index (χ0n) is 15.0. The molecule has 1 fully saturated rings. The molecular formula is C22H27N3. The van der Waals surface area contributed by atoms with Crippen molar-refractivity contribution in [2.75, 3.05) is 13.1 Å². The number of nitriles is 1. The fraction of sp³-hybridized carbons (Fsp3) is 0.409. The van der Waals surface area contributed by atoms with Gasteiger partial charge in [0, 0.05) is 26.2 Å². The lowest BCUT2D eigenvalue weighted by Gasteiger charge is -2.31. The first kappa shape index (κ1) is 17.7. The number of nitrogens with zero attached hydrogens (tertiary/aromatic N) is 2. The molecule has 0 radical (unpaired) electrons. The Morgan fingerprint density at radius 3 is 2.76 bits per heavy atom. The molecule has 130 valence electrons. The van der Waals surface area contributed by atoms with Gasteiger partial charge in [-0.15, -0.1) is 0 Å². The molecule has 25 heavy (non-hydrogen) atoms. The van der Waals surface area contributed by atoms with Gasteiger partial charge >= 0.3 is 0 Å². The summed E-state index contributed by atoms with van der Waals surface area (Å²) in [5, 5.41) is 12.5. The highest BCUT2D eigenvalue weighted by molar-refractivity contribution is 5.33. The average molecular weight is 333 g/mol. The molecular weight excluding hydrogens is 306 g/mol. The van der Waals surface area contributed by atoms with Gasteiger partial charge in [0.1, 0.15) is 0 Å². The third-order valence-corrected chi connectivity index (χ3v) is 4.95. The van der Waals surface area contributed by atoms with Crippen LogP contribution in [0.25, 0.3) is 0 Å². The highest BCUT2D eigenvalue weighted by atomic mass is 15.1. The summed E-state index contributed by atoms with van der Waals surface area (Å²) in [6.07, 6.45) is 2.68. The topological polar surface area (TPSA) is 39.1 Å². The van der Waals surface area contributed by atoms with Crippen molar-refractivity contribution in [3.05, 3.63) is 70.8 Å². The molecule has 3 nitrogen and oxygen atoms in total. The summed E-state index contributed by atoms with van der Waals surface area (Å²) in [6, 6.07) is 18.8. The van der Waals surface area contributed by atoms with E-state index in [0.29, 0.717) is 0 Å². The monoisotopic (exact) mass is 333 g/mol. The second kappa shape index (κ2) is 8.80. The van der Waals surface area contributed by atoms with Gasteiger partial charge in [0.15, 0.2) is 0 Å². The minimum atomic E-state index is 0.721. The van der Waals surface area contributed by atoms with E-state index in [0.717, 1.165) is 36.7 Å². The van der Waals surface area contributed by atoms with Gasteiger partial charge in [-0.25, -0.2) is 0 Å². The van der Waals surface area contributed by atoms with Crippen molar-refractivity contribution in [3.63, 3.8) is 0 Å². The van der Waals surface area contributed by atoms with Crippen LogP contribution in [0.3, 0.4) is 0 Å². The van der Waals surface area contributed by atoms with E-state index in [1.54, 1.807) is 0 Å². The second-order valence-corrected chi connectivity index (χ2v) is 7.17. The summed E-state index contributed by atoms with van der Waals surface area (Å²) >= 11 is 0. The summed E-state index contributed by atoms with van der Waals surface area (Å²) in [7, 11) is 0. The molecule has 0 spiro atoms. The highest BCUT2D eigenvalue weighted by Crippen LogP contribution is 2.19. The van der Waals surface area contributed by atoms with Crippen LogP contribution in [0.15, 0.2) is 48.5 Å². The molecule has 0 amide bonds. The zero-order chi connectivity index (χ0) is 17.5. The van der Waals surface area contributed by atoms with Gasteiger partial charge < -0.3 is 5.32 Å². The van der Waals surface area contributed by atoms with Crippen molar-refractivity contribution in [1.29, 1.82) is 5.26 Å². The SMILES string of the molecule is CC1CCCN(Cc2ccccc2CNCc2cccc(C#N)c2)C1. The fourth-order valence-corrected chi connectivity index (χ4v) is 3.65. The maximum Gasteiger partial charge on any atom is 0.0991 e. The second-order valence-electron chi connectivity index (χ2n) is 7.17. The quantitative estimate of drug-likeness (QED) is 0.866. The van der Waals surface area contributed by atoms with E-state index in [9.17, 15) is 0 Å².